The van der Waals surface area contributed by atoms with E-state index in [1.165, 1.54) is 0 Å². The topological polar surface area (TPSA) is 90.5 Å². The first-order valence-corrected chi connectivity index (χ1v) is 10.3. The summed E-state index contributed by atoms with van der Waals surface area (Å²) in [4.78, 5) is 39.7. The number of fused-ring (bicyclic) bond motifs is 2. The molecule has 0 unspecified atom stereocenters. The number of amides is 3. The lowest BCUT2D eigenvalue weighted by molar-refractivity contribution is -0.124. The van der Waals surface area contributed by atoms with Crippen LogP contribution in [0.4, 0.5) is 5.69 Å². The van der Waals surface area contributed by atoms with Gasteiger partial charge in [0.25, 0.3) is 5.91 Å². The second-order valence-electron chi connectivity index (χ2n) is 7.59. The van der Waals surface area contributed by atoms with Crippen molar-refractivity contribution in [3.63, 3.8) is 0 Å². The third kappa shape index (κ3) is 4.04. The van der Waals surface area contributed by atoms with Crippen LogP contribution in [-0.4, -0.2) is 54.8 Å². The highest BCUT2D eigenvalue weighted by atomic mass is 35.5. The Kier molecular flexibility index (Phi) is 5.74. The van der Waals surface area contributed by atoms with E-state index in [-0.39, 0.29) is 30.3 Å². The standard InChI is InChI=1S/C22H23ClN4O3/c1-24-12-20(28)25-16-8-9-27-19(11-16)21(29)26-18-7-4-14(10-17(18)22(27)30)13-2-5-15(23)6-3-13/h2-7,10,16,19,24H,8-9,11-12H2,1H3,(H,25,28)(H,26,29)/t16-,19+/m1/s1. The van der Waals surface area contributed by atoms with Crippen LogP contribution in [0.25, 0.3) is 11.1 Å². The maximum absolute atomic E-state index is 13.3. The van der Waals surface area contributed by atoms with Gasteiger partial charge < -0.3 is 20.9 Å². The van der Waals surface area contributed by atoms with Gasteiger partial charge in [-0.25, -0.2) is 0 Å². The highest BCUT2D eigenvalue weighted by Gasteiger charge is 2.40. The van der Waals surface area contributed by atoms with Crippen LogP contribution in [-0.2, 0) is 9.59 Å². The summed E-state index contributed by atoms with van der Waals surface area (Å²) in [5.74, 6) is -0.523. The molecule has 0 bridgehead atoms. The number of carbonyl (C=O) groups is 3. The fourth-order valence-corrected chi connectivity index (χ4v) is 4.18. The van der Waals surface area contributed by atoms with Crippen molar-refractivity contribution < 1.29 is 14.4 Å². The minimum Gasteiger partial charge on any atom is -0.352 e. The maximum Gasteiger partial charge on any atom is 0.256 e. The largest absolute Gasteiger partial charge is 0.352 e. The molecule has 3 N–H and O–H groups in total. The van der Waals surface area contributed by atoms with Crippen molar-refractivity contribution in [1.29, 1.82) is 0 Å². The molecule has 2 aliphatic rings. The fraction of sp³-hybridized carbons (Fsp3) is 0.318. The van der Waals surface area contributed by atoms with Crippen LogP contribution in [0.3, 0.4) is 0 Å². The zero-order chi connectivity index (χ0) is 21.3. The van der Waals surface area contributed by atoms with Gasteiger partial charge in [-0.2, -0.15) is 0 Å². The monoisotopic (exact) mass is 426 g/mol. The first kappa shape index (κ1) is 20.4. The second-order valence-corrected chi connectivity index (χ2v) is 8.03. The molecule has 8 heteroatoms. The lowest BCUT2D eigenvalue weighted by atomic mass is 9.95. The molecular weight excluding hydrogens is 404 g/mol. The Morgan fingerprint density at radius 2 is 1.90 bits per heavy atom. The Labute approximate surface area is 179 Å². The van der Waals surface area contributed by atoms with Crippen molar-refractivity contribution in [2.45, 2.75) is 24.9 Å². The Morgan fingerprint density at radius 1 is 1.17 bits per heavy atom. The number of hydrogen-bond donors (Lipinski definition) is 3. The molecule has 4 rings (SSSR count). The van der Waals surface area contributed by atoms with Crippen LogP contribution in [0.2, 0.25) is 5.02 Å². The average molecular weight is 427 g/mol. The molecule has 3 amide bonds. The van der Waals surface area contributed by atoms with Gasteiger partial charge in [-0.15, -0.1) is 0 Å². The van der Waals surface area contributed by atoms with E-state index in [1.807, 2.05) is 24.3 Å². The number of nitrogens with one attached hydrogen (secondary N) is 3. The van der Waals surface area contributed by atoms with E-state index in [4.69, 9.17) is 11.6 Å². The van der Waals surface area contributed by atoms with Gasteiger partial charge in [0.2, 0.25) is 11.8 Å². The van der Waals surface area contributed by atoms with Crippen molar-refractivity contribution in [1.82, 2.24) is 15.5 Å². The van der Waals surface area contributed by atoms with E-state index in [1.54, 1.807) is 30.1 Å². The first-order chi connectivity index (χ1) is 14.5. The highest BCUT2D eigenvalue weighted by molar-refractivity contribution is 6.30. The molecule has 0 aliphatic carbocycles. The summed E-state index contributed by atoms with van der Waals surface area (Å²) in [6, 6.07) is 12.1. The lowest BCUT2D eigenvalue weighted by Gasteiger charge is -2.37. The van der Waals surface area contributed by atoms with Crippen molar-refractivity contribution in [2.24, 2.45) is 0 Å². The minimum atomic E-state index is -0.613. The predicted octanol–water partition coefficient (Wildman–Crippen LogP) is 2.27. The average Bonchev–Trinajstić information content (AvgIpc) is 2.83. The number of nitrogens with zero attached hydrogens (tertiary/aromatic N) is 1. The highest BCUT2D eigenvalue weighted by Crippen LogP contribution is 2.32. The van der Waals surface area contributed by atoms with E-state index >= 15 is 0 Å². The number of likely N-dealkylation sites (N-methyl/N-ethyl adjacent to an activating group) is 1. The Morgan fingerprint density at radius 3 is 2.63 bits per heavy atom. The van der Waals surface area contributed by atoms with Crippen LogP contribution in [0.5, 0.6) is 0 Å². The molecule has 0 radical (unpaired) electrons. The van der Waals surface area contributed by atoms with Crippen molar-refractivity contribution in [2.75, 3.05) is 25.5 Å². The van der Waals surface area contributed by atoms with Crippen molar-refractivity contribution >= 4 is 35.0 Å². The SMILES string of the molecule is CNCC(=O)N[C@@H]1CCN2C(=O)c3cc(-c4ccc(Cl)cc4)ccc3NC(=O)[C@@H]2C1. The van der Waals surface area contributed by atoms with Gasteiger partial charge >= 0.3 is 0 Å². The molecule has 30 heavy (non-hydrogen) atoms. The van der Waals surface area contributed by atoms with Gasteiger partial charge in [0.1, 0.15) is 6.04 Å². The number of anilines is 1. The van der Waals surface area contributed by atoms with E-state index in [0.717, 1.165) is 11.1 Å². The summed E-state index contributed by atoms with van der Waals surface area (Å²) in [5, 5.41) is 9.28. The Bertz CT molecular complexity index is 992. The third-order valence-corrected chi connectivity index (χ3v) is 5.81. The summed E-state index contributed by atoms with van der Waals surface area (Å²) in [7, 11) is 1.70. The molecule has 0 spiro atoms. The molecular formula is C22H23ClN4O3. The molecule has 2 aromatic carbocycles. The summed E-state index contributed by atoms with van der Waals surface area (Å²) < 4.78 is 0. The summed E-state index contributed by atoms with van der Waals surface area (Å²) in [6.45, 7) is 0.626. The van der Waals surface area contributed by atoms with Gasteiger partial charge in [0.05, 0.1) is 17.8 Å². The number of hydrogen-bond acceptors (Lipinski definition) is 4. The molecule has 2 aromatic rings. The van der Waals surface area contributed by atoms with Crippen LogP contribution in [0, 0.1) is 0 Å². The van der Waals surface area contributed by atoms with Gasteiger partial charge in [0.15, 0.2) is 0 Å². The van der Waals surface area contributed by atoms with Crippen LogP contribution < -0.4 is 16.0 Å². The molecule has 1 fully saturated rings. The summed E-state index contributed by atoms with van der Waals surface area (Å²) in [6.07, 6.45) is 1.00. The Balaban J connectivity index is 1.59. The van der Waals surface area contributed by atoms with E-state index in [0.29, 0.717) is 35.7 Å². The van der Waals surface area contributed by atoms with E-state index in [2.05, 4.69) is 16.0 Å². The smallest absolute Gasteiger partial charge is 0.256 e. The van der Waals surface area contributed by atoms with Gasteiger partial charge in [-0.05, 0) is 55.3 Å². The van der Waals surface area contributed by atoms with Crippen molar-refractivity contribution in [3.05, 3.63) is 53.1 Å². The second kappa shape index (κ2) is 8.45. The molecule has 2 heterocycles. The molecule has 1 saturated heterocycles. The van der Waals surface area contributed by atoms with E-state index < -0.39 is 6.04 Å². The minimum absolute atomic E-state index is 0.118. The maximum atomic E-state index is 13.3. The predicted molar refractivity (Wildman–Crippen MR) is 115 cm³/mol. The number of piperidine rings is 1. The first-order valence-electron chi connectivity index (χ1n) is 9.92. The number of carbonyl (C=O) groups excluding carboxylic acids is 3. The molecule has 2 atom stereocenters. The molecule has 7 nitrogen and oxygen atoms in total. The number of rotatable bonds is 4. The molecule has 0 aromatic heterocycles. The zero-order valence-corrected chi connectivity index (χ0v) is 17.3. The Hall–Kier alpha value is -2.90. The fourth-order valence-electron chi connectivity index (χ4n) is 4.05. The zero-order valence-electron chi connectivity index (χ0n) is 16.6. The molecule has 2 aliphatic heterocycles. The lowest BCUT2D eigenvalue weighted by Crippen LogP contribution is -2.55. The third-order valence-electron chi connectivity index (χ3n) is 5.55. The summed E-state index contributed by atoms with van der Waals surface area (Å²) >= 11 is 5.97. The molecule has 156 valence electrons. The normalized spacial score (nSPS) is 20.7. The van der Waals surface area contributed by atoms with Crippen LogP contribution >= 0.6 is 11.6 Å². The summed E-state index contributed by atoms with van der Waals surface area (Å²) in [5.41, 5.74) is 2.79. The quantitative estimate of drug-likeness (QED) is 0.699. The number of benzene rings is 2. The number of halogens is 1. The van der Waals surface area contributed by atoms with Gasteiger partial charge in [0, 0.05) is 17.6 Å². The van der Waals surface area contributed by atoms with E-state index in [9.17, 15) is 14.4 Å². The van der Waals surface area contributed by atoms with Crippen LogP contribution in [0.1, 0.15) is 23.2 Å². The van der Waals surface area contributed by atoms with Gasteiger partial charge in [-0.1, -0.05) is 29.8 Å². The van der Waals surface area contributed by atoms with Crippen LogP contribution in [0.15, 0.2) is 42.5 Å². The van der Waals surface area contributed by atoms with Gasteiger partial charge in [-0.3, -0.25) is 14.4 Å². The van der Waals surface area contributed by atoms with Crippen molar-refractivity contribution in [3.8, 4) is 11.1 Å². The molecule has 0 saturated carbocycles.